The molecule has 9 nitrogen and oxygen atoms in total. The van der Waals surface area contributed by atoms with Gasteiger partial charge < -0.3 is 10.6 Å². The van der Waals surface area contributed by atoms with Gasteiger partial charge in [0.25, 0.3) is 0 Å². The van der Waals surface area contributed by atoms with Gasteiger partial charge in [-0.3, -0.25) is 9.78 Å². The van der Waals surface area contributed by atoms with Crippen LogP contribution in [-0.2, 0) is 5.54 Å². The Labute approximate surface area is 255 Å². The van der Waals surface area contributed by atoms with Crippen molar-refractivity contribution in [1.29, 1.82) is 5.26 Å². The van der Waals surface area contributed by atoms with E-state index >= 15 is 0 Å². The molecular weight excluding hydrogens is 589 g/mol. The molecule has 5 aromatic rings. The Hall–Kier alpha value is -4.57. The Bertz CT molecular complexity index is 1950. The van der Waals surface area contributed by atoms with Gasteiger partial charge in [-0.1, -0.05) is 38.1 Å². The first-order chi connectivity index (χ1) is 20.8. The first-order valence-corrected chi connectivity index (χ1v) is 14.9. The van der Waals surface area contributed by atoms with Gasteiger partial charge in [0.2, 0.25) is 0 Å². The lowest BCUT2D eigenvalue weighted by Gasteiger charge is -2.23. The Morgan fingerprint density at radius 3 is 2.64 bits per heavy atom. The number of carbonyl (C=O) groups is 1. The van der Waals surface area contributed by atoms with E-state index in [-0.39, 0.29) is 29.7 Å². The van der Waals surface area contributed by atoms with E-state index in [1.54, 1.807) is 17.6 Å². The molecule has 0 spiro atoms. The third kappa shape index (κ3) is 5.23. The van der Waals surface area contributed by atoms with Crippen LogP contribution >= 0.6 is 11.3 Å². The Morgan fingerprint density at radius 2 is 1.98 bits per heavy atom. The van der Waals surface area contributed by atoms with Gasteiger partial charge in [-0.15, -0.1) is 16.4 Å². The fraction of sp³-hybridized carbons (Fsp3) is 0.355. The van der Waals surface area contributed by atoms with Crippen LogP contribution < -0.4 is 10.6 Å². The summed E-state index contributed by atoms with van der Waals surface area (Å²) in [5.74, 6) is -0.231. The van der Waals surface area contributed by atoms with E-state index in [1.807, 2.05) is 18.2 Å². The monoisotopic (exact) mass is 618 g/mol. The van der Waals surface area contributed by atoms with Gasteiger partial charge >= 0.3 is 6.18 Å². The number of pyridine rings is 1. The van der Waals surface area contributed by atoms with Crippen molar-refractivity contribution in [2.24, 2.45) is 5.41 Å². The summed E-state index contributed by atoms with van der Waals surface area (Å²) in [5.41, 5.74) is 3.43. The maximum Gasteiger partial charge on any atom is 0.413 e. The van der Waals surface area contributed by atoms with E-state index in [9.17, 15) is 23.2 Å². The number of nitrogens with zero attached hydrogens (tertiary/aromatic N) is 6. The van der Waals surface area contributed by atoms with Crippen LogP contribution in [0.25, 0.3) is 21.1 Å². The standard InChI is InChI=1S/C31H29F3N8OS/c1-17(43)21-10-19(11-22-25(37-15-29(2,3)4)18(12-35)13-36-26(21)22)39-27(20-6-5-7-23-28(20)44-16-38-23)24-14-42(41-40-24)30(8-9-30)31(32,33)34/h5-7,10-11,13-14,16,27,39H,8-9,15H2,1-4H3,(H,36,37)/t27-/m0/s1. The van der Waals surface area contributed by atoms with Gasteiger partial charge in [0.15, 0.2) is 11.3 Å². The van der Waals surface area contributed by atoms with Gasteiger partial charge in [-0.2, -0.15) is 18.4 Å². The van der Waals surface area contributed by atoms with Crippen LogP contribution in [0.3, 0.4) is 0 Å². The maximum atomic E-state index is 14.0. The van der Waals surface area contributed by atoms with Crippen molar-refractivity contribution in [2.75, 3.05) is 17.2 Å². The van der Waals surface area contributed by atoms with Gasteiger partial charge in [0, 0.05) is 29.4 Å². The lowest BCUT2D eigenvalue weighted by molar-refractivity contribution is -0.182. The number of hydrogen-bond donors (Lipinski definition) is 2. The molecule has 1 fully saturated rings. The van der Waals surface area contributed by atoms with Gasteiger partial charge in [0.1, 0.15) is 11.8 Å². The number of alkyl halides is 3. The number of rotatable bonds is 8. The molecule has 13 heteroatoms. The lowest BCUT2D eigenvalue weighted by Crippen LogP contribution is -2.35. The summed E-state index contributed by atoms with van der Waals surface area (Å²) < 4.78 is 43.6. The number of anilines is 2. The minimum atomic E-state index is -4.46. The van der Waals surface area contributed by atoms with Crippen LogP contribution in [0.5, 0.6) is 0 Å². The summed E-state index contributed by atoms with van der Waals surface area (Å²) in [6.45, 7) is 8.17. The predicted octanol–water partition coefficient (Wildman–Crippen LogP) is 7.22. The van der Waals surface area contributed by atoms with Crippen molar-refractivity contribution >= 4 is 49.6 Å². The molecule has 3 heterocycles. The number of ketones is 1. The summed E-state index contributed by atoms with van der Waals surface area (Å²) in [7, 11) is 0. The number of carbonyl (C=O) groups excluding carboxylic acids is 1. The molecule has 6 rings (SSSR count). The summed E-state index contributed by atoms with van der Waals surface area (Å²) >= 11 is 1.41. The molecule has 0 bridgehead atoms. The van der Waals surface area contributed by atoms with E-state index in [0.29, 0.717) is 39.9 Å². The zero-order valence-corrected chi connectivity index (χ0v) is 25.3. The number of fused-ring (bicyclic) bond motifs is 2. The highest BCUT2D eigenvalue weighted by Gasteiger charge is 2.66. The zero-order chi connectivity index (χ0) is 31.4. The highest BCUT2D eigenvalue weighted by Crippen LogP contribution is 2.55. The first-order valence-electron chi connectivity index (χ1n) is 14.0. The third-order valence-corrected chi connectivity index (χ3v) is 8.66. The molecule has 1 aliphatic carbocycles. The molecule has 2 N–H and O–H groups in total. The molecule has 1 atom stereocenters. The number of halogens is 3. The fourth-order valence-corrected chi connectivity index (χ4v) is 6.11. The van der Waals surface area contributed by atoms with Crippen molar-refractivity contribution in [3.05, 3.63) is 70.6 Å². The molecule has 2 aromatic carbocycles. The number of benzene rings is 2. The van der Waals surface area contributed by atoms with Crippen LogP contribution in [0, 0.1) is 16.7 Å². The van der Waals surface area contributed by atoms with Crippen molar-refractivity contribution in [3.63, 3.8) is 0 Å². The predicted molar refractivity (Wildman–Crippen MR) is 163 cm³/mol. The average molecular weight is 619 g/mol. The molecule has 0 aliphatic heterocycles. The van der Waals surface area contributed by atoms with E-state index in [1.165, 1.54) is 30.7 Å². The number of thiazole rings is 1. The Balaban J connectivity index is 1.51. The molecule has 1 aliphatic rings. The smallest absolute Gasteiger partial charge is 0.383 e. The first kappa shape index (κ1) is 29.5. The maximum absolute atomic E-state index is 14.0. The summed E-state index contributed by atoms with van der Waals surface area (Å²) in [6.07, 6.45) is -1.79. The van der Waals surface area contributed by atoms with Crippen molar-refractivity contribution in [3.8, 4) is 6.07 Å². The normalized spacial score (nSPS) is 15.2. The summed E-state index contributed by atoms with van der Waals surface area (Å²) in [4.78, 5) is 21.7. The minimum absolute atomic E-state index is 0.0625. The summed E-state index contributed by atoms with van der Waals surface area (Å²) in [6, 6.07) is 10.5. The lowest BCUT2D eigenvalue weighted by atomic mass is 9.96. The molecule has 1 saturated carbocycles. The van der Waals surface area contributed by atoms with Crippen LogP contribution in [0.4, 0.5) is 24.5 Å². The highest BCUT2D eigenvalue weighted by molar-refractivity contribution is 7.17. The van der Waals surface area contributed by atoms with Crippen LogP contribution in [-0.4, -0.2) is 43.5 Å². The minimum Gasteiger partial charge on any atom is -0.383 e. The number of nitriles is 1. The molecule has 226 valence electrons. The molecule has 0 unspecified atom stereocenters. The van der Waals surface area contributed by atoms with E-state index < -0.39 is 17.8 Å². The van der Waals surface area contributed by atoms with Gasteiger partial charge in [-0.05, 0) is 48.9 Å². The van der Waals surface area contributed by atoms with Crippen molar-refractivity contribution in [2.45, 2.75) is 58.3 Å². The largest absolute Gasteiger partial charge is 0.413 e. The quantitative estimate of drug-likeness (QED) is 0.175. The van der Waals surface area contributed by atoms with E-state index in [2.05, 4.69) is 57.8 Å². The third-order valence-electron chi connectivity index (χ3n) is 7.77. The Morgan fingerprint density at radius 1 is 1.20 bits per heavy atom. The number of Topliss-reactive ketones (excluding diaryl/α,β-unsaturated/α-hetero) is 1. The zero-order valence-electron chi connectivity index (χ0n) is 24.5. The topological polar surface area (TPSA) is 121 Å². The number of nitrogens with one attached hydrogen (secondary N) is 2. The molecule has 0 radical (unpaired) electrons. The SMILES string of the molecule is CC(=O)c1cc(N[C@H](c2cn(C3(C(F)(F)F)CC3)nn2)c2cccc3ncsc23)cc2c(NCC(C)(C)C)c(C#N)cnc12. The average Bonchev–Trinajstić information content (AvgIpc) is 3.41. The van der Waals surface area contributed by atoms with E-state index in [4.69, 9.17) is 0 Å². The molecular formula is C31H29F3N8OS. The Kier molecular flexibility index (Phi) is 7.07. The van der Waals surface area contributed by atoms with Crippen LogP contribution in [0.1, 0.15) is 73.8 Å². The van der Waals surface area contributed by atoms with Gasteiger partial charge in [0.05, 0.1) is 44.7 Å². The summed E-state index contributed by atoms with van der Waals surface area (Å²) in [5, 5.41) is 25.4. The molecule has 44 heavy (non-hydrogen) atoms. The van der Waals surface area contributed by atoms with E-state index in [0.717, 1.165) is 20.5 Å². The second kappa shape index (κ2) is 10.6. The van der Waals surface area contributed by atoms with Crippen molar-refractivity contribution < 1.29 is 18.0 Å². The van der Waals surface area contributed by atoms with Crippen LogP contribution in [0.15, 0.2) is 48.2 Å². The number of aromatic nitrogens is 5. The second-order valence-corrected chi connectivity index (χ2v) is 13.1. The number of hydrogen-bond acceptors (Lipinski definition) is 9. The fourth-order valence-electron chi connectivity index (χ4n) is 5.28. The molecule has 0 saturated heterocycles. The second-order valence-electron chi connectivity index (χ2n) is 12.3. The molecule has 3 aromatic heterocycles. The molecule has 0 amide bonds. The van der Waals surface area contributed by atoms with Crippen molar-refractivity contribution in [1.82, 2.24) is 25.0 Å². The highest BCUT2D eigenvalue weighted by atomic mass is 32.1. The van der Waals surface area contributed by atoms with Crippen LogP contribution in [0.2, 0.25) is 0 Å². The van der Waals surface area contributed by atoms with Gasteiger partial charge in [-0.25, -0.2) is 9.67 Å².